The lowest BCUT2D eigenvalue weighted by Crippen LogP contribution is -2.16. The molecule has 2 aromatic carbocycles. The van der Waals surface area contributed by atoms with Crippen LogP contribution in [-0.2, 0) is 0 Å². The van der Waals surface area contributed by atoms with Crippen molar-refractivity contribution in [1.29, 1.82) is 0 Å². The molecule has 1 aromatic heterocycles. The molecule has 0 saturated carbocycles. The van der Waals surface area contributed by atoms with Gasteiger partial charge in [0.15, 0.2) is 4.32 Å². The predicted octanol–water partition coefficient (Wildman–Crippen LogP) is 5.10. The van der Waals surface area contributed by atoms with Crippen LogP contribution in [0.5, 0.6) is 0 Å². The molecule has 0 aliphatic heterocycles. The van der Waals surface area contributed by atoms with Crippen LogP contribution in [0.4, 0.5) is 11.6 Å². The third-order valence-electron chi connectivity index (χ3n) is 2.96. The van der Waals surface area contributed by atoms with Gasteiger partial charge in [0, 0.05) is 27.3 Å². The quantitative estimate of drug-likeness (QED) is 0.464. The lowest BCUT2D eigenvalue weighted by molar-refractivity contribution is 1.00. The summed E-state index contributed by atoms with van der Waals surface area (Å²) < 4.78 is 6.47. The molecule has 3 rings (SSSR count). The summed E-state index contributed by atoms with van der Waals surface area (Å²) in [7, 11) is 0. The van der Waals surface area contributed by atoms with Crippen molar-refractivity contribution in [3.8, 4) is 5.69 Å². The van der Waals surface area contributed by atoms with Gasteiger partial charge in [-0.1, -0.05) is 47.6 Å². The van der Waals surface area contributed by atoms with Crippen molar-refractivity contribution < 1.29 is 0 Å². The Hall–Kier alpha value is -1.38. The summed E-state index contributed by atoms with van der Waals surface area (Å²) >= 11 is 22.4. The van der Waals surface area contributed by atoms with E-state index in [1.54, 1.807) is 12.1 Å². The Morgan fingerprint density at radius 2 is 1.88 bits per heavy atom. The van der Waals surface area contributed by atoms with E-state index in [-0.39, 0.29) is 4.32 Å². The van der Waals surface area contributed by atoms with Crippen LogP contribution < -0.4 is 10.1 Å². The van der Waals surface area contributed by atoms with Gasteiger partial charge in [0.05, 0.1) is 5.69 Å². The fourth-order valence-corrected chi connectivity index (χ4v) is 3.41. The molecule has 0 spiro atoms. The first-order valence-corrected chi connectivity index (χ1v) is 9.06. The monoisotopic (exact) mass is 412 g/mol. The zero-order valence-corrected chi connectivity index (χ0v) is 16.0. The molecule has 0 atom stereocenters. The SMILES string of the molecule is S=C(S)/N=c1\snc(Nc2cccc(Cl)c2)n1-c1cccc(Cl)c1. The summed E-state index contributed by atoms with van der Waals surface area (Å²) in [4.78, 5) is 4.84. The van der Waals surface area contributed by atoms with Crippen molar-refractivity contribution in [2.45, 2.75) is 0 Å². The smallest absolute Gasteiger partial charge is 0.225 e. The van der Waals surface area contributed by atoms with Gasteiger partial charge in [-0.3, -0.25) is 4.57 Å². The molecule has 1 N–H and O–H groups in total. The van der Waals surface area contributed by atoms with E-state index in [9.17, 15) is 0 Å². The number of benzene rings is 2. The van der Waals surface area contributed by atoms with E-state index < -0.39 is 0 Å². The van der Waals surface area contributed by atoms with Crippen LogP contribution in [0.25, 0.3) is 5.69 Å². The number of hydrogen-bond donors (Lipinski definition) is 2. The minimum atomic E-state index is 0.226. The second-order valence-corrected chi connectivity index (χ2v) is 7.35. The standard InChI is InChI=1S/C15H10Cl2N4S3/c16-9-3-1-5-11(7-9)18-13-20-24-14(19-15(22)23)21(13)12-6-2-4-10(17)8-12/h1-8H,(H,18,20)(H,22,23)/b19-14-. The van der Waals surface area contributed by atoms with Crippen LogP contribution in [0.15, 0.2) is 53.5 Å². The van der Waals surface area contributed by atoms with Gasteiger partial charge in [-0.2, -0.15) is 4.37 Å². The van der Waals surface area contributed by atoms with E-state index in [2.05, 4.69) is 27.3 Å². The van der Waals surface area contributed by atoms with E-state index >= 15 is 0 Å². The van der Waals surface area contributed by atoms with Crippen LogP contribution in [0.2, 0.25) is 10.0 Å². The van der Waals surface area contributed by atoms with E-state index in [4.69, 9.17) is 35.4 Å². The van der Waals surface area contributed by atoms with Gasteiger partial charge < -0.3 is 5.32 Å². The highest BCUT2D eigenvalue weighted by atomic mass is 35.5. The second-order valence-electron chi connectivity index (χ2n) is 4.63. The molecule has 0 unspecified atom stereocenters. The van der Waals surface area contributed by atoms with Gasteiger partial charge >= 0.3 is 0 Å². The minimum absolute atomic E-state index is 0.226. The molecular formula is C15H10Cl2N4S3. The summed E-state index contributed by atoms with van der Waals surface area (Å²) in [5.74, 6) is 0.577. The predicted molar refractivity (Wildman–Crippen MR) is 108 cm³/mol. The molecule has 1 heterocycles. The number of anilines is 2. The van der Waals surface area contributed by atoms with Crippen LogP contribution in [0.1, 0.15) is 0 Å². The molecule has 9 heteroatoms. The van der Waals surface area contributed by atoms with Crippen LogP contribution >= 0.6 is 59.6 Å². The fraction of sp³-hybridized carbons (Fsp3) is 0. The van der Waals surface area contributed by atoms with E-state index in [1.165, 1.54) is 11.5 Å². The highest BCUT2D eigenvalue weighted by molar-refractivity contribution is 8.11. The van der Waals surface area contributed by atoms with E-state index in [1.807, 2.05) is 41.0 Å². The van der Waals surface area contributed by atoms with Gasteiger partial charge in [-0.25, -0.2) is 4.99 Å². The van der Waals surface area contributed by atoms with Crippen molar-refractivity contribution in [3.63, 3.8) is 0 Å². The number of thiocarbonyl (C=S) groups is 1. The number of halogens is 2. The van der Waals surface area contributed by atoms with Crippen molar-refractivity contribution in [2.75, 3.05) is 5.32 Å². The Labute approximate surface area is 163 Å². The zero-order valence-electron chi connectivity index (χ0n) is 12.0. The first-order valence-electron chi connectivity index (χ1n) is 6.68. The largest absolute Gasteiger partial charge is 0.324 e. The summed E-state index contributed by atoms with van der Waals surface area (Å²) in [6, 6.07) is 14.7. The van der Waals surface area contributed by atoms with Gasteiger partial charge in [0.1, 0.15) is 0 Å². The molecule has 0 aliphatic carbocycles. The third kappa shape index (κ3) is 4.17. The molecule has 24 heavy (non-hydrogen) atoms. The number of aromatic nitrogens is 2. The lowest BCUT2D eigenvalue weighted by Gasteiger charge is -2.10. The first kappa shape index (κ1) is 17.4. The summed E-state index contributed by atoms with van der Waals surface area (Å²) in [6.45, 7) is 0. The molecule has 0 amide bonds. The summed E-state index contributed by atoms with van der Waals surface area (Å²) in [6.07, 6.45) is 0. The van der Waals surface area contributed by atoms with Gasteiger partial charge in [0.2, 0.25) is 10.7 Å². The van der Waals surface area contributed by atoms with Crippen LogP contribution in [0, 0.1) is 0 Å². The van der Waals surface area contributed by atoms with Gasteiger partial charge in [0.25, 0.3) is 0 Å². The maximum Gasteiger partial charge on any atom is 0.225 e. The Morgan fingerprint density at radius 1 is 1.17 bits per heavy atom. The highest BCUT2D eigenvalue weighted by Gasteiger charge is 2.11. The molecular weight excluding hydrogens is 403 g/mol. The topological polar surface area (TPSA) is 42.2 Å². The van der Waals surface area contributed by atoms with Crippen LogP contribution in [-0.4, -0.2) is 13.3 Å². The first-order chi connectivity index (χ1) is 11.5. The molecule has 0 bridgehead atoms. The number of rotatable bonds is 3. The van der Waals surface area contributed by atoms with Gasteiger partial charge in [-0.05, 0) is 36.4 Å². The summed E-state index contributed by atoms with van der Waals surface area (Å²) in [5.41, 5.74) is 1.62. The average molecular weight is 413 g/mol. The average Bonchev–Trinajstić information content (AvgIpc) is 2.89. The molecule has 3 aromatic rings. The minimum Gasteiger partial charge on any atom is -0.324 e. The number of nitrogens with one attached hydrogen (secondary N) is 1. The van der Waals surface area contributed by atoms with E-state index in [0.29, 0.717) is 20.8 Å². The number of thiol groups is 1. The van der Waals surface area contributed by atoms with Crippen molar-refractivity contribution >= 4 is 75.5 Å². The molecule has 0 aliphatic rings. The Morgan fingerprint density at radius 3 is 2.54 bits per heavy atom. The van der Waals surface area contributed by atoms with Crippen molar-refractivity contribution in [2.24, 2.45) is 4.99 Å². The highest BCUT2D eigenvalue weighted by Crippen LogP contribution is 2.22. The normalized spacial score (nSPS) is 11.5. The lowest BCUT2D eigenvalue weighted by atomic mass is 10.3. The molecule has 0 fully saturated rings. The Kier molecular flexibility index (Phi) is 5.57. The summed E-state index contributed by atoms with van der Waals surface area (Å²) in [5, 5.41) is 4.47. The van der Waals surface area contributed by atoms with Crippen LogP contribution in [0.3, 0.4) is 0 Å². The molecule has 4 nitrogen and oxygen atoms in total. The van der Waals surface area contributed by atoms with Crippen molar-refractivity contribution in [3.05, 3.63) is 63.4 Å². The molecule has 0 saturated heterocycles. The third-order valence-corrected chi connectivity index (χ3v) is 4.32. The number of nitrogens with zero attached hydrogens (tertiary/aromatic N) is 3. The Bertz CT molecular complexity index is 965. The molecule has 0 radical (unpaired) electrons. The maximum atomic E-state index is 6.11. The second kappa shape index (κ2) is 7.67. The maximum absolute atomic E-state index is 6.11. The van der Waals surface area contributed by atoms with E-state index in [0.717, 1.165) is 11.4 Å². The fourth-order valence-electron chi connectivity index (χ4n) is 2.03. The van der Waals surface area contributed by atoms with Gasteiger partial charge in [-0.15, -0.1) is 12.6 Å². The zero-order chi connectivity index (χ0) is 17.1. The Balaban J connectivity index is 2.13. The van der Waals surface area contributed by atoms with Crippen molar-refractivity contribution in [1.82, 2.24) is 8.94 Å². The molecule has 122 valence electrons. The number of hydrogen-bond acceptors (Lipinski definition) is 4.